The number of hydrogen-bond donors (Lipinski definition) is 1. The van der Waals surface area contributed by atoms with E-state index in [1.54, 1.807) is 0 Å². The summed E-state index contributed by atoms with van der Waals surface area (Å²) in [5.74, 6) is 0.867. The Labute approximate surface area is 121 Å². The van der Waals surface area contributed by atoms with Gasteiger partial charge in [0.15, 0.2) is 6.61 Å². The van der Waals surface area contributed by atoms with Crippen molar-refractivity contribution in [1.29, 1.82) is 0 Å². The van der Waals surface area contributed by atoms with Crippen LogP contribution in [0, 0.1) is 19.8 Å². The quantitative estimate of drug-likeness (QED) is 0.640. The number of nitrogens with zero attached hydrogens (tertiary/aromatic N) is 1. The van der Waals surface area contributed by atoms with E-state index in [9.17, 15) is 4.79 Å². The lowest BCUT2D eigenvalue weighted by atomic mass is 10.1. The molecular formula is C16H24N2O2. The first-order valence-electron chi connectivity index (χ1n) is 6.97. The second kappa shape index (κ2) is 7.68. The zero-order chi connectivity index (χ0) is 15.1. The van der Waals surface area contributed by atoms with Gasteiger partial charge in [-0.1, -0.05) is 26.0 Å². The Bertz CT molecular complexity index is 495. The van der Waals surface area contributed by atoms with Gasteiger partial charge in [-0.25, -0.2) is 5.43 Å². The van der Waals surface area contributed by atoms with Crippen LogP contribution < -0.4 is 10.2 Å². The van der Waals surface area contributed by atoms with E-state index >= 15 is 0 Å². The van der Waals surface area contributed by atoms with Crippen molar-refractivity contribution in [3.8, 4) is 5.75 Å². The van der Waals surface area contributed by atoms with E-state index in [1.165, 1.54) is 0 Å². The van der Waals surface area contributed by atoms with Crippen molar-refractivity contribution in [2.45, 2.75) is 41.0 Å². The minimum absolute atomic E-state index is 0.0262. The van der Waals surface area contributed by atoms with Gasteiger partial charge in [-0.15, -0.1) is 0 Å². The Hall–Kier alpha value is -1.84. The van der Waals surface area contributed by atoms with Crippen LogP contribution in [0.4, 0.5) is 0 Å². The molecule has 0 saturated heterocycles. The van der Waals surface area contributed by atoms with Crippen LogP contribution in [-0.4, -0.2) is 18.2 Å². The Morgan fingerprint density at radius 3 is 2.75 bits per heavy atom. The molecule has 1 atom stereocenters. The van der Waals surface area contributed by atoms with Crippen molar-refractivity contribution in [2.75, 3.05) is 6.61 Å². The standard InChI is InChI=1S/C16H24N2O2/c1-6-12(3)14(5)17-18-16(19)10-20-15-9-11(2)7-8-13(15)4/h7-9,12H,6,10H2,1-5H3,(H,18,19)/b17-14-/t12-/m1/s1. The van der Waals surface area contributed by atoms with Crippen LogP contribution in [-0.2, 0) is 4.79 Å². The molecule has 1 rings (SSSR count). The second-order valence-electron chi connectivity index (χ2n) is 5.16. The molecule has 4 nitrogen and oxygen atoms in total. The summed E-state index contributed by atoms with van der Waals surface area (Å²) < 4.78 is 5.52. The molecule has 1 amide bonds. The molecule has 20 heavy (non-hydrogen) atoms. The summed E-state index contributed by atoms with van der Waals surface area (Å²) in [4.78, 5) is 11.7. The molecule has 0 spiro atoms. The molecule has 0 aliphatic carbocycles. The van der Waals surface area contributed by atoms with Crippen molar-refractivity contribution in [3.05, 3.63) is 29.3 Å². The molecule has 110 valence electrons. The zero-order valence-electron chi connectivity index (χ0n) is 13.0. The van der Waals surface area contributed by atoms with Gasteiger partial charge >= 0.3 is 0 Å². The van der Waals surface area contributed by atoms with Crippen LogP contribution in [0.2, 0.25) is 0 Å². The van der Waals surface area contributed by atoms with Gasteiger partial charge in [0.05, 0.1) is 0 Å². The van der Waals surface area contributed by atoms with Gasteiger partial charge in [-0.2, -0.15) is 5.10 Å². The number of amides is 1. The number of hydrogen-bond acceptors (Lipinski definition) is 3. The smallest absolute Gasteiger partial charge is 0.277 e. The molecule has 1 N–H and O–H groups in total. The summed E-state index contributed by atoms with van der Waals surface area (Å²) in [5.41, 5.74) is 5.57. The van der Waals surface area contributed by atoms with E-state index in [1.807, 2.05) is 39.0 Å². The second-order valence-corrected chi connectivity index (χ2v) is 5.16. The average molecular weight is 276 g/mol. The number of benzene rings is 1. The average Bonchev–Trinajstić information content (AvgIpc) is 2.44. The van der Waals surface area contributed by atoms with Gasteiger partial charge in [0.1, 0.15) is 5.75 Å². The molecule has 0 saturated carbocycles. The van der Waals surface area contributed by atoms with Gasteiger partial charge in [-0.3, -0.25) is 4.79 Å². The van der Waals surface area contributed by atoms with E-state index < -0.39 is 0 Å². The van der Waals surface area contributed by atoms with Gasteiger partial charge in [0.25, 0.3) is 5.91 Å². The number of hydrazone groups is 1. The van der Waals surface area contributed by atoms with E-state index in [4.69, 9.17) is 4.74 Å². The summed E-state index contributed by atoms with van der Waals surface area (Å²) in [6.07, 6.45) is 1.00. The third-order valence-electron chi connectivity index (χ3n) is 3.38. The molecule has 0 bridgehead atoms. The number of carbonyl (C=O) groups is 1. The maximum absolute atomic E-state index is 11.7. The van der Waals surface area contributed by atoms with Crippen molar-refractivity contribution in [1.82, 2.24) is 5.43 Å². The van der Waals surface area contributed by atoms with Gasteiger partial charge < -0.3 is 4.74 Å². The Morgan fingerprint density at radius 1 is 1.40 bits per heavy atom. The molecule has 4 heteroatoms. The normalized spacial score (nSPS) is 12.9. The molecule has 0 aliphatic rings. The predicted molar refractivity (Wildman–Crippen MR) is 82.1 cm³/mol. The Kier molecular flexibility index (Phi) is 6.22. The highest BCUT2D eigenvalue weighted by atomic mass is 16.5. The predicted octanol–water partition coefficient (Wildman–Crippen LogP) is 3.22. The fraction of sp³-hybridized carbons (Fsp3) is 0.500. The Morgan fingerprint density at radius 2 is 2.10 bits per heavy atom. The van der Waals surface area contributed by atoms with Crippen LogP contribution in [0.3, 0.4) is 0 Å². The third kappa shape index (κ3) is 5.03. The van der Waals surface area contributed by atoms with Crippen LogP contribution >= 0.6 is 0 Å². The maximum atomic E-state index is 11.7. The number of aryl methyl sites for hydroxylation is 2. The molecule has 0 aliphatic heterocycles. The molecule has 0 aromatic heterocycles. The summed E-state index contributed by atoms with van der Waals surface area (Å²) in [6.45, 7) is 10.0. The lowest BCUT2D eigenvalue weighted by Crippen LogP contribution is -2.26. The molecule has 0 unspecified atom stereocenters. The molecule has 0 heterocycles. The third-order valence-corrected chi connectivity index (χ3v) is 3.38. The summed E-state index contributed by atoms with van der Waals surface area (Å²) in [5, 5.41) is 4.08. The Balaban J connectivity index is 2.50. The van der Waals surface area contributed by atoms with E-state index in [-0.39, 0.29) is 12.5 Å². The number of rotatable bonds is 6. The van der Waals surface area contributed by atoms with Crippen molar-refractivity contribution in [2.24, 2.45) is 11.0 Å². The van der Waals surface area contributed by atoms with Gasteiger partial charge in [0.2, 0.25) is 0 Å². The first-order chi connectivity index (χ1) is 9.43. The topological polar surface area (TPSA) is 50.7 Å². The van der Waals surface area contributed by atoms with Gasteiger partial charge in [0, 0.05) is 5.71 Å². The van der Waals surface area contributed by atoms with Crippen molar-refractivity contribution >= 4 is 11.6 Å². The van der Waals surface area contributed by atoms with E-state index in [0.29, 0.717) is 5.92 Å². The highest BCUT2D eigenvalue weighted by Gasteiger charge is 2.06. The van der Waals surface area contributed by atoms with E-state index in [2.05, 4.69) is 24.4 Å². The van der Waals surface area contributed by atoms with Crippen LogP contribution in [0.15, 0.2) is 23.3 Å². The molecule has 1 aromatic rings. The maximum Gasteiger partial charge on any atom is 0.277 e. The largest absolute Gasteiger partial charge is 0.483 e. The number of carbonyl (C=O) groups excluding carboxylic acids is 1. The first-order valence-corrected chi connectivity index (χ1v) is 6.97. The number of ether oxygens (including phenoxy) is 1. The highest BCUT2D eigenvalue weighted by Crippen LogP contribution is 2.18. The SMILES string of the molecule is CC[C@@H](C)/C(C)=N\NC(=O)COc1cc(C)ccc1C. The van der Waals surface area contributed by atoms with Gasteiger partial charge in [-0.05, 0) is 50.3 Å². The fourth-order valence-corrected chi connectivity index (χ4v) is 1.59. The minimum Gasteiger partial charge on any atom is -0.483 e. The summed E-state index contributed by atoms with van der Waals surface area (Å²) in [7, 11) is 0. The van der Waals surface area contributed by atoms with Crippen LogP contribution in [0.25, 0.3) is 0 Å². The lowest BCUT2D eigenvalue weighted by molar-refractivity contribution is -0.123. The van der Waals surface area contributed by atoms with E-state index in [0.717, 1.165) is 29.0 Å². The summed E-state index contributed by atoms with van der Waals surface area (Å²) >= 11 is 0. The minimum atomic E-state index is -0.242. The molecule has 0 radical (unpaired) electrons. The summed E-state index contributed by atoms with van der Waals surface area (Å²) in [6, 6.07) is 5.92. The molecule has 1 aromatic carbocycles. The molecular weight excluding hydrogens is 252 g/mol. The zero-order valence-corrected chi connectivity index (χ0v) is 13.0. The van der Waals surface area contributed by atoms with Crippen molar-refractivity contribution < 1.29 is 9.53 Å². The van der Waals surface area contributed by atoms with Crippen LogP contribution in [0.1, 0.15) is 38.3 Å². The molecule has 0 fully saturated rings. The lowest BCUT2D eigenvalue weighted by Gasteiger charge is -2.10. The number of nitrogens with one attached hydrogen (secondary N) is 1. The highest BCUT2D eigenvalue weighted by molar-refractivity contribution is 5.86. The van der Waals surface area contributed by atoms with Crippen LogP contribution in [0.5, 0.6) is 5.75 Å². The first kappa shape index (κ1) is 16.2. The fourth-order valence-electron chi connectivity index (χ4n) is 1.59. The monoisotopic (exact) mass is 276 g/mol. The van der Waals surface area contributed by atoms with Crippen molar-refractivity contribution in [3.63, 3.8) is 0 Å².